The number of nitrogens with one attached hydrogen (secondary N) is 1. The molecule has 0 radical (unpaired) electrons. The molecule has 3 aromatic rings. The number of hydrogen-bond donors (Lipinski definition) is 1. The number of benzene rings is 1. The summed E-state index contributed by atoms with van der Waals surface area (Å²) in [5, 5.41) is 3.24. The number of amides is 1. The maximum atomic E-state index is 12.2. The fourth-order valence-electron chi connectivity index (χ4n) is 2.21. The number of nitrogens with zero attached hydrogens (tertiary/aromatic N) is 2. The molecule has 0 aliphatic rings. The predicted octanol–water partition coefficient (Wildman–Crippen LogP) is 4.63. The summed E-state index contributed by atoms with van der Waals surface area (Å²) in [7, 11) is 0. The van der Waals surface area contributed by atoms with Crippen LogP contribution in [-0.4, -0.2) is 15.9 Å². The highest BCUT2D eigenvalue weighted by molar-refractivity contribution is 6.35. The summed E-state index contributed by atoms with van der Waals surface area (Å²) in [6.07, 6.45) is 4.34. The van der Waals surface area contributed by atoms with Crippen molar-refractivity contribution >= 4 is 34.8 Å². The van der Waals surface area contributed by atoms with Crippen LogP contribution < -0.4 is 5.32 Å². The Labute approximate surface area is 149 Å². The second-order valence-electron chi connectivity index (χ2n) is 5.15. The van der Waals surface area contributed by atoms with Gasteiger partial charge < -0.3 is 5.32 Å². The predicted molar refractivity (Wildman–Crippen MR) is 95.7 cm³/mol. The van der Waals surface area contributed by atoms with Crippen LogP contribution >= 0.6 is 23.2 Å². The van der Waals surface area contributed by atoms with Crippen LogP contribution in [0.15, 0.2) is 60.9 Å². The van der Waals surface area contributed by atoms with Crippen molar-refractivity contribution in [3.63, 3.8) is 0 Å². The van der Waals surface area contributed by atoms with Crippen molar-refractivity contribution in [2.45, 2.75) is 6.42 Å². The third kappa shape index (κ3) is 4.10. The van der Waals surface area contributed by atoms with Crippen molar-refractivity contribution in [3.8, 4) is 0 Å². The Bertz CT molecular complexity index is 852. The lowest BCUT2D eigenvalue weighted by molar-refractivity contribution is 0.102. The molecular weight excluding hydrogens is 345 g/mol. The van der Waals surface area contributed by atoms with Crippen LogP contribution in [0.4, 0.5) is 5.69 Å². The summed E-state index contributed by atoms with van der Waals surface area (Å²) >= 11 is 11.8. The minimum absolute atomic E-state index is 0.102. The highest BCUT2D eigenvalue weighted by atomic mass is 35.5. The quantitative estimate of drug-likeness (QED) is 0.692. The smallest absolute Gasteiger partial charge is 0.275 e. The van der Waals surface area contributed by atoms with Gasteiger partial charge in [-0.25, -0.2) is 4.98 Å². The van der Waals surface area contributed by atoms with Gasteiger partial charge >= 0.3 is 0 Å². The molecule has 0 bridgehead atoms. The number of pyridine rings is 2. The molecule has 6 heteroatoms. The topological polar surface area (TPSA) is 54.9 Å². The average Bonchev–Trinajstić information content (AvgIpc) is 2.59. The molecule has 0 fully saturated rings. The zero-order valence-corrected chi connectivity index (χ0v) is 14.1. The van der Waals surface area contributed by atoms with E-state index in [9.17, 15) is 4.79 Å². The van der Waals surface area contributed by atoms with Crippen molar-refractivity contribution in [1.29, 1.82) is 0 Å². The first-order valence-electron chi connectivity index (χ1n) is 7.23. The standard InChI is InChI=1S/C18H13Cl2N3O/c19-15-5-6-16(20)23-17(15)18(24)22-14-3-1-12(2-4-14)11-13-7-9-21-10-8-13/h1-10H,11H2,(H,22,24). The second kappa shape index (κ2) is 7.43. The fourth-order valence-corrected chi connectivity index (χ4v) is 2.55. The molecule has 120 valence electrons. The van der Waals surface area contributed by atoms with Gasteiger partial charge in [-0.3, -0.25) is 9.78 Å². The van der Waals surface area contributed by atoms with Gasteiger partial charge in [0.1, 0.15) is 10.8 Å². The number of rotatable bonds is 4. The summed E-state index contributed by atoms with van der Waals surface area (Å²) in [6.45, 7) is 0. The van der Waals surface area contributed by atoms with E-state index in [0.29, 0.717) is 5.69 Å². The molecule has 0 spiro atoms. The van der Waals surface area contributed by atoms with E-state index in [-0.39, 0.29) is 15.9 Å². The average molecular weight is 358 g/mol. The molecule has 1 N–H and O–H groups in total. The molecule has 3 rings (SSSR count). The molecule has 2 heterocycles. The van der Waals surface area contributed by atoms with E-state index in [0.717, 1.165) is 12.0 Å². The summed E-state index contributed by atoms with van der Waals surface area (Å²) in [5.74, 6) is -0.399. The molecule has 1 amide bonds. The lowest BCUT2D eigenvalue weighted by Crippen LogP contribution is -2.14. The highest BCUT2D eigenvalue weighted by Gasteiger charge is 2.13. The third-order valence-electron chi connectivity index (χ3n) is 3.40. The van der Waals surface area contributed by atoms with E-state index in [1.807, 2.05) is 36.4 Å². The van der Waals surface area contributed by atoms with Gasteiger partial charge in [-0.15, -0.1) is 0 Å². The van der Waals surface area contributed by atoms with Crippen LogP contribution in [0.3, 0.4) is 0 Å². The molecule has 1 aromatic carbocycles. The molecule has 4 nitrogen and oxygen atoms in total. The van der Waals surface area contributed by atoms with Crippen LogP contribution in [0.25, 0.3) is 0 Å². The molecule has 0 saturated heterocycles. The molecule has 2 aromatic heterocycles. The van der Waals surface area contributed by atoms with Gasteiger partial charge in [0.15, 0.2) is 0 Å². The maximum absolute atomic E-state index is 12.2. The molecule has 0 atom stereocenters. The van der Waals surface area contributed by atoms with Gasteiger partial charge in [0, 0.05) is 18.1 Å². The lowest BCUT2D eigenvalue weighted by Gasteiger charge is -2.08. The molecule has 24 heavy (non-hydrogen) atoms. The zero-order chi connectivity index (χ0) is 16.9. The van der Waals surface area contributed by atoms with Crippen molar-refractivity contribution in [2.24, 2.45) is 0 Å². The number of anilines is 1. The van der Waals surface area contributed by atoms with E-state index >= 15 is 0 Å². The molecule has 0 saturated carbocycles. The van der Waals surface area contributed by atoms with Gasteiger partial charge in [-0.1, -0.05) is 35.3 Å². The van der Waals surface area contributed by atoms with E-state index in [4.69, 9.17) is 23.2 Å². The number of carbonyl (C=O) groups excluding carboxylic acids is 1. The zero-order valence-electron chi connectivity index (χ0n) is 12.5. The summed E-state index contributed by atoms with van der Waals surface area (Å²) in [5.41, 5.74) is 3.08. The van der Waals surface area contributed by atoms with Crippen LogP contribution in [0, 0.1) is 0 Å². The first kappa shape index (κ1) is 16.4. The maximum Gasteiger partial charge on any atom is 0.275 e. The van der Waals surface area contributed by atoms with Gasteiger partial charge in [-0.05, 0) is 53.9 Å². The Kier molecular flexibility index (Phi) is 5.08. The van der Waals surface area contributed by atoms with Gasteiger partial charge in [0.25, 0.3) is 5.91 Å². The monoisotopic (exact) mass is 357 g/mol. The van der Waals surface area contributed by atoms with Crippen molar-refractivity contribution in [3.05, 3.63) is 87.9 Å². The summed E-state index contributed by atoms with van der Waals surface area (Å²) in [4.78, 5) is 20.2. The molecule has 0 unspecified atom stereocenters. The summed E-state index contributed by atoms with van der Waals surface area (Å²) in [6, 6.07) is 14.6. The summed E-state index contributed by atoms with van der Waals surface area (Å²) < 4.78 is 0. The first-order valence-corrected chi connectivity index (χ1v) is 7.98. The Hall–Kier alpha value is -2.43. The Morgan fingerprint density at radius 2 is 1.58 bits per heavy atom. The first-order chi connectivity index (χ1) is 11.6. The van der Waals surface area contributed by atoms with Gasteiger partial charge in [0.05, 0.1) is 5.02 Å². The Morgan fingerprint density at radius 3 is 2.29 bits per heavy atom. The number of halogens is 2. The van der Waals surface area contributed by atoms with Crippen molar-refractivity contribution in [1.82, 2.24) is 9.97 Å². The lowest BCUT2D eigenvalue weighted by atomic mass is 10.1. The van der Waals surface area contributed by atoms with Crippen molar-refractivity contribution in [2.75, 3.05) is 5.32 Å². The van der Waals surface area contributed by atoms with Crippen LogP contribution in [0.5, 0.6) is 0 Å². The minimum Gasteiger partial charge on any atom is -0.321 e. The number of aromatic nitrogens is 2. The molecular formula is C18H13Cl2N3O. The van der Waals surface area contributed by atoms with Crippen LogP contribution in [0.1, 0.15) is 21.6 Å². The van der Waals surface area contributed by atoms with E-state index in [2.05, 4.69) is 15.3 Å². The van der Waals surface area contributed by atoms with Gasteiger partial charge in [-0.2, -0.15) is 0 Å². The minimum atomic E-state index is -0.399. The highest BCUT2D eigenvalue weighted by Crippen LogP contribution is 2.19. The Morgan fingerprint density at radius 1 is 0.917 bits per heavy atom. The fraction of sp³-hybridized carbons (Fsp3) is 0.0556. The number of carbonyl (C=O) groups is 1. The number of hydrogen-bond acceptors (Lipinski definition) is 3. The molecule has 0 aliphatic heterocycles. The van der Waals surface area contributed by atoms with Gasteiger partial charge in [0.2, 0.25) is 0 Å². The van der Waals surface area contributed by atoms with E-state index in [1.54, 1.807) is 18.5 Å². The second-order valence-corrected chi connectivity index (χ2v) is 5.94. The van der Waals surface area contributed by atoms with E-state index < -0.39 is 5.91 Å². The largest absolute Gasteiger partial charge is 0.321 e. The van der Waals surface area contributed by atoms with Crippen LogP contribution in [0.2, 0.25) is 10.2 Å². The van der Waals surface area contributed by atoms with Crippen LogP contribution in [-0.2, 0) is 6.42 Å². The third-order valence-corrected chi connectivity index (χ3v) is 3.91. The van der Waals surface area contributed by atoms with Crippen molar-refractivity contribution < 1.29 is 4.79 Å². The normalized spacial score (nSPS) is 10.4. The molecule has 0 aliphatic carbocycles. The Balaban J connectivity index is 1.70. The van der Waals surface area contributed by atoms with E-state index in [1.165, 1.54) is 11.6 Å². The SMILES string of the molecule is O=C(Nc1ccc(Cc2ccncc2)cc1)c1nc(Cl)ccc1Cl.